The Labute approximate surface area is 146 Å². The molecule has 0 aliphatic rings. The smallest absolute Gasteiger partial charge is 0.267 e. The molecular formula is C17H14F2N2OS2. The lowest BCUT2D eigenvalue weighted by molar-refractivity contribution is 0.103. The molecule has 1 N–H and O–H groups in total. The third-order valence-corrected chi connectivity index (χ3v) is 5.41. The van der Waals surface area contributed by atoms with Crippen molar-refractivity contribution < 1.29 is 13.6 Å². The number of carbonyl (C=O) groups excluding carboxylic acids is 1. The molecule has 7 heteroatoms. The molecule has 2 aromatic heterocycles. The van der Waals surface area contributed by atoms with E-state index in [1.807, 2.05) is 19.9 Å². The monoisotopic (exact) mass is 364 g/mol. The summed E-state index contributed by atoms with van der Waals surface area (Å²) < 4.78 is 26.3. The van der Waals surface area contributed by atoms with Crippen LogP contribution in [0.3, 0.4) is 0 Å². The van der Waals surface area contributed by atoms with E-state index in [0.717, 1.165) is 29.0 Å². The molecule has 1 amide bonds. The Morgan fingerprint density at radius 2 is 2.04 bits per heavy atom. The van der Waals surface area contributed by atoms with E-state index in [1.165, 1.54) is 28.7 Å². The summed E-state index contributed by atoms with van der Waals surface area (Å²) >= 11 is 2.69. The fourth-order valence-corrected chi connectivity index (χ4v) is 3.98. The summed E-state index contributed by atoms with van der Waals surface area (Å²) in [6.07, 6.45) is 0.882. The quantitative estimate of drug-likeness (QED) is 0.685. The van der Waals surface area contributed by atoms with E-state index < -0.39 is 11.6 Å². The summed E-state index contributed by atoms with van der Waals surface area (Å²) in [5.74, 6) is -2.04. The molecular weight excluding hydrogens is 350 g/mol. The molecule has 0 unspecified atom stereocenters. The van der Waals surface area contributed by atoms with Gasteiger partial charge in [-0.2, -0.15) is 0 Å². The molecule has 0 bridgehead atoms. The van der Waals surface area contributed by atoms with Crippen molar-refractivity contribution >= 4 is 33.7 Å². The molecule has 0 fully saturated rings. The Morgan fingerprint density at radius 1 is 1.25 bits per heavy atom. The molecule has 3 nitrogen and oxygen atoms in total. The van der Waals surface area contributed by atoms with Gasteiger partial charge in [0.1, 0.15) is 0 Å². The second kappa shape index (κ2) is 6.78. The molecule has 1 aromatic carbocycles. The third kappa shape index (κ3) is 3.37. The first-order valence-electron chi connectivity index (χ1n) is 7.29. The zero-order valence-electron chi connectivity index (χ0n) is 13.0. The lowest BCUT2D eigenvalue weighted by Gasteiger charge is -1.99. The minimum Gasteiger partial charge on any atom is -0.297 e. The topological polar surface area (TPSA) is 42.0 Å². The van der Waals surface area contributed by atoms with E-state index in [9.17, 15) is 13.6 Å². The van der Waals surface area contributed by atoms with Crippen molar-refractivity contribution in [2.24, 2.45) is 0 Å². The van der Waals surface area contributed by atoms with Gasteiger partial charge in [-0.25, -0.2) is 13.8 Å². The van der Waals surface area contributed by atoms with E-state index >= 15 is 0 Å². The largest absolute Gasteiger partial charge is 0.297 e. The second-order valence-electron chi connectivity index (χ2n) is 5.17. The van der Waals surface area contributed by atoms with Gasteiger partial charge in [-0.1, -0.05) is 6.92 Å². The van der Waals surface area contributed by atoms with Crippen LogP contribution in [0.1, 0.15) is 27.0 Å². The second-order valence-corrected chi connectivity index (χ2v) is 7.28. The first kappa shape index (κ1) is 16.7. The highest BCUT2D eigenvalue weighted by Gasteiger charge is 2.14. The highest BCUT2D eigenvalue weighted by atomic mass is 32.1. The van der Waals surface area contributed by atoms with Crippen LogP contribution in [0.4, 0.5) is 13.9 Å². The number of thiazole rings is 1. The highest BCUT2D eigenvalue weighted by Crippen LogP contribution is 2.28. The number of rotatable bonds is 4. The number of nitrogens with one attached hydrogen (secondary N) is 1. The summed E-state index contributed by atoms with van der Waals surface area (Å²) in [4.78, 5) is 18.3. The summed E-state index contributed by atoms with van der Waals surface area (Å²) in [6.45, 7) is 4.04. The number of hydrogen-bond donors (Lipinski definition) is 1. The Bertz CT molecular complexity index is 902. The molecule has 3 rings (SSSR count). The van der Waals surface area contributed by atoms with Crippen LogP contribution in [0.25, 0.3) is 11.3 Å². The maximum Gasteiger partial charge on any atom is 0.267 e. The molecule has 0 aliphatic carbocycles. The zero-order chi connectivity index (χ0) is 17.3. The summed E-state index contributed by atoms with van der Waals surface area (Å²) in [5.41, 5.74) is 2.11. The Balaban J connectivity index is 1.77. The molecule has 0 saturated heterocycles. The summed E-state index contributed by atoms with van der Waals surface area (Å²) in [7, 11) is 0. The number of amides is 1. The van der Waals surface area contributed by atoms with Gasteiger partial charge in [-0.05, 0) is 43.2 Å². The predicted octanol–water partition coefficient (Wildman–Crippen LogP) is 5.27. The highest BCUT2D eigenvalue weighted by molar-refractivity contribution is 7.15. The van der Waals surface area contributed by atoms with Crippen molar-refractivity contribution in [1.82, 2.24) is 4.98 Å². The summed E-state index contributed by atoms with van der Waals surface area (Å²) in [6, 6.07) is 5.49. The standard InChI is InChI=1S/C17H14F2N2OS2/c1-3-10-7-15(24-9(10)2)16(22)21-17-20-14(8-23-17)11-4-5-12(18)13(19)6-11/h4-8H,3H2,1-2H3,(H,20,21,22). The van der Waals surface area contributed by atoms with Gasteiger partial charge in [0.15, 0.2) is 16.8 Å². The van der Waals surface area contributed by atoms with Crippen LogP contribution < -0.4 is 5.32 Å². The first-order valence-corrected chi connectivity index (χ1v) is 8.99. The van der Waals surface area contributed by atoms with Crippen LogP contribution in [0.2, 0.25) is 0 Å². The Morgan fingerprint density at radius 3 is 2.71 bits per heavy atom. The Hall–Kier alpha value is -2.12. The van der Waals surface area contributed by atoms with Gasteiger partial charge in [0.2, 0.25) is 0 Å². The lowest BCUT2D eigenvalue weighted by Crippen LogP contribution is -2.09. The van der Waals surface area contributed by atoms with Gasteiger partial charge in [0.25, 0.3) is 5.91 Å². The van der Waals surface area contributed by atoms with Crippen molar-refractivity contribution in [1.29, 1.82) is 0 Å². The molecule has 0 saturated carbocycles. The van der Waals surface area contributed by atoms with Gasteiger partial charge in [-0.3, -0.25) is 10.1 Å². The summed E-state index contributed by atoms with van der Waals surface area (Å²) in [5, 5.41) is 4.86. The molecule has 0 aliphatic heterocycles. The van der Waals surface area contributed by atoms with Crippen LogP contribution in [0.15, 0.2) is 29.6 Å². The number of halogens is 2. The predicted molar refractivity (Wildman–Crippen MR) is 93.9 cm³/mol. The average molecular weight is 364 g/mol. The van der Waals surface area contributed by atoms with Crippen molar-refractivity contribution in [3.05, 3.63) is 56.6 Å². The van der Waals surface area contributed by atoms with E-state index in [0.29, 0.717) is 21.3 Å². The average Bonchev–Trinajstić information content (AvgIpc) is 3.16. The van der Waals surface area contributed by atoms with E-state index in [1.54, 1.807) is 5.38 Å². The van der Waals surface area contributed by atoms with Crippen molar-refractivity contribution in [2.75, 3.05) is 5.32 Å². The zero-order valence-corrected chi connectivity index (χ0v) is 14.7. The van der Waals surface area contributed by atoms with Crippen molar-refractivity contribution in [2.45, 2.75) is 20.3 Å². The van der Waals surface area contributed by atoms with E-state index in [4.69, 9.17) is 0 Å². The number of hydrogen-bond acceptors (Lipinski definition) is 4. The SMILES string of the molecule is CCc1cc(C(=O)Nc2nc(-c3ccc(F)c(F)c3)cs2)sc1C. The number of thiophene rings is 1. The van der Waals surface area contributed by atoms with Gasteiger partial charge in [0.05, 0.1) is 10.6 Å². The Kier molecular flexibility index (Phi) is 4.73. The number of aryl methyl sites for hydroxylation is 2. The molecule has 0 atom stereocenters. The number of anilines is 1. The lowest BCUT2D eigenvalue weighted by atomic mass is 10.2. The number of nitrogens with zero attached hydrogens (tertiary/aromatic N) is 1. The normalized spacial score (nSPS) is 10.8. The minimum atomic E-state index is -0.924. The van der Waals surface area contributed by atoms with Crippen LogP contribution in [0, 0.1) is 18.6 Å². The number of benzene rings is 1. The molecule has 0 spiro atoms. The fraction of sp³-hybridized carbons (Fsp3) is 0.176. The van der Waals surface area contributed by atoms with Gasteiger partial charge < -0.3 is 0 Å². The van der Waals surface area contributed by atoms with Crippen molar-refractivity contribution in [3.63, 3.8) is 0 Å². The number of aromatic nitrogens is 1. The van der Waals surface area contributed by atoms with Gasteiger partial charge in [0, 0.05) is 15.8 Å². The minimum absolute atomic E-state index is 0.214. The molecule has 2 heterocycles. The van der Waals surface area contributed by atoms with E-state index in [2.05, 4.69) is 10.3 Å². The van der Waals surface area contributed by atoms with Gasteiger partial charge >= 0.3 is 0 Å². The molecule has 3 aromatic rings. The molecule has 0 radical (unpaired) electrons. The van der Waals surface area contributed by atoms with Crippen LogP contribution in [-0.4, -0.2) is 10.9 Å². The number of carbonyl (C=O) groups is 1. The van der Waals surface area contributed by atoms with Crippen LogP contribution in [-0.2, 0) is 6.42 Å². The van der Waals surface area contributed by atoms with E-state index in [-0.39, 0.29) is 5.91 Å². The van der Waals surface area contributed by atoms with Crippen LogP contribution in [0.5, 0.6) is 0 Å². The molecule has 24 heavy (non-hydrogen) atoms. The van der Waals surface area contributed by atoms with Crippen molar-refractivity contribution in [3.8, 4) is 11.3 Å². The third-order valence-electron chi connectivity index (χ3n) is 3.57. The van der Waals surface area contributed by atoms with Gasteiger partial charge in [-0.15, -0.1) is 22.7 Å². The maximum absolute atomic E-state index is 13.3. The first-order chi connectivity index (χ1) is 11.5. The fourth-order valence-electron chi connectivity index (χ4n) is 2.26. The van der Waals surface area contributed by atoms with Crippen LogP contribution >= 0.6 is 22.7 Å². The molecule has 124 valence electrons. The maximum atomic E-state index is 13.3.